The molecule has 1 atom stereocenters. The Kier molecular flexibility index (Phi) is 4.62. The van der Waals surface area contributed by atoms with E-state index >= 15 is 0 Å². The number of Topliss-reactive ketones (excluding diaryl/α,β-unsaturated/α-hetero) is 1. The SMILES string of the molecule is COCCC(C)C(=O)c1cccc(C)c1F. The molecule has 0 saturated heterocycles. The van der Waals surface area contributed by atoms with Gasteiger partial charge in [-0.05, 0) is 25.0 Å². The quantitative estimate of drug-likeness (QED) is 0.719. The van der Waals surface area contributed by atoms with Gasteiger partial charge in [0.1, 0.15) is 5.82 Å². The normalized spacial score (nSPS) is 12.5. The minimum atomic E-state index is -0.406. The zero-order valence-electron chi connectivity index (χ0n) is 9.92. The minimum Gasteiger partial charge on any atom is -0.385 e. The van der Waals surface area contributed by atoms with Gasteiger partial charge in [-0.3, -0.25) is 4.79 Å². The van der Waals surface area contributed by atoms with Gasteiger partial charge >= 0.3 is 0 Å². The fourth-order valence-corrected chi connectivity index (χ4v) is 1.53. The van der Waals surface area contributed by atoms with Crippen LogP contribution in [0.25, 0.3) is 0 Å². The summed E-state index contributed by atoms with van der Waals surface area (Å²) in [6.07, 6.45) is 0.614. The van der Waals surface area contributed by atoms with Crippen molar-refractivity contribution in [2.24, 2.45) is 5.92 Å². The number of halogens is 1. The number of methoxy groups -OCH3 is 1. The first-order chi connectivity index (χ1) is 7.57. The van der Waals surface area contributed by atoms with E-state index in [9.17, 15) is 9.18 Å². The van der Waals surface area contributed by atoms with Crippen molar-refractivity contribution in [1.82, 2.24) is 0 Å². The van der Waals surface area contributed by atoms with Gasteiger partial charge in [0.15, 0.2) is 5.78 Å². The van der Waals surface area contributed by atoms with Crippen LogP contribution in [-0.2, 0) is 4.74 Å². The predicted molar refractivity (Wildman–Crippen MR) is 61.1 cm³/mol. The fourth-order valence-electron chi connectivity index (χ4n) is 1.53. The van der Waals surface area contributed by atoms with Crippen LogP contribution in [0.4, 0.5) is 4.39 Å². The van der Waals surface area contributed by atoms with Crippen molar-refractivity contribution < 1.29 is 13.9 Å². The molecule has 16 heavy (non-hydrogen) atoms. The van der Waals surface area contributed by atoms with Crippen molar-refractivity contribution in [1.29, 1.82) is 0 Å². The van der Waals surface area contributed by atoms with Gasteiger partial charge in [0.05, 0.1) is 5.56 Å². The number of ether oxygens (including phenoxy) is 1. The lowest BCUT2D eigenvalue weighted by Gasteiger charge is -2.11. The maximum absolute atomic E-state index is 13.7. The zero-order chi connectivity index (χ0) is 12.1. The maximum atomic E-state index is 13.7. The third-order valence-corrected chi connectivity index (χ3v) is 2.66. The maximum Gasteiger partial charge on any atom is 0.168 e. The first kappa shape index (κ1) is 12.8. The third kappa shape index (κ3) is 2.89. The number of carbonyl (C=O) groups excluding carboxylic acids is 1. The molecular weight excluding hydrogens is 207 g/mol. The van der Waals surface area contributed by atoms with E-state index in [4.69, 9.17) is 4.74 Å². The number of aryl methyl sites for hydroxylation is 1. The summed E-state index contributed by atoms with van der Waals surface area (Å²) in [5.41, 5.74) is 0.688. The van der Waals surface area contributed by atoms with Crippen molar-refractivity contribution in [2.45, 2.75) is 20.3 Å². The van der Waals surface area contributed by atoms with Crippen molar-refractivity contribution >= 4 is 5.78 Å². The standard InChI is InChI=1S/C13H17FO2/c1-9-5-4-6-11(12(9)14)13(15)10(2)7-8-16-3/h4-6,10H,7-8H2,1-3H3. The Labute approximate surface area is 95.4 Å². The van der Waals surface area contributed by atoms with Crippen LogP contribution in [0, 0.1) is 18.7 Å². The molecule has 3 heteroatoms. The molecule has 0 amide bonds. The number of hydrogen-bond donors (Lipinski definition) is 0. The number of ketones is 1. The van der Waals surface area contributed by atoms with E-state index in [0.29, 0.717) is 18.6 Å². The molecule has 1 aromatic rings. The lowest BCUT2D eigenvalue weighted by molar-refractivity contribution is 0.0889. The van der Waals surface area contributed by atoms with Crippen molar-refractivity contribution in [3.63, 3.8) is 0 Å². The Morgan fingerprint density at radius 2 is 2.19 bits per heavy atom. The first-order valence-corrected chi connectivity index (χ1v) is 5.36. The molecular formula is C13H17FO2. The molecule has 0 radical (unpaired) electrons. The van der Waals surface area contributed by atoms with Crippen molar-refractivity contribution in [2.75, 3.05) is 13.7 Å². The molecule has 0 aliphatic rings. The van der Waals surface area contributed by atoms with Gasteiger partial charge in [0, 0.05) is 19.6 Å². The van der Waals surface area contributed by atoms with Gasteiger partial charge < -0.3 is 4.74 Å². The Morgan fingerprint density at radius 1 is 1.50 bits per heavy atom. The summed E-state index contributed by atoms with van der Waals surface area (Å²) in [5.74, 6) is -0.772. The largest absolute Gasteiger partial charge is 0.385 e. The topological polar surface area (TPSA) is 26.3 Å². The van der Waals surface area contributed by atoms with Crippen LogP contribution in [-0.4, -0.2) is 19.5 Å². The monoisotopic (exact) mass is 224 g/mol. The van der Waals surface area contributed by atoms with Crippen LogP contribution in [0.5, 0.6) is 0 Å². The second-order valence-electron chi connectivity index (χ2n) is 3.98. The van der Waals surface area contributed by atoms with Gasteiger partial charge in [0.2, 0.25) is 0 Å². The molecule has 0 N–H and O–H groups in total. The third-order valence-electron chi connectivity index (χ3n) is 2.66. The number of hydrogen-bond acceptors (Lipinski definition) is 2. The van der Waals surface area contributed by atoms with Crippen LogP contribution in [0.1, 0.15) is 29.3 Å². The van der Waals surface area contributed by atoms with Crippen LogP contribution >= 0.6 is 0 Å². The highest BCUT2D eigenvalue weighted by Crippen LogP contribution is 2.17. The molecule has 1 unspecified atom stereocenters. The summed E-state index contributed by atoms with van der Waals surface area (Å²) in [7, 11) is 1.59. The van der Waals surface area contributed by atoms with Crippen LogP contribution in [0.3, 0.4) is 0 Å². The van der Waals surface area contributed by atoms with Crippen LogP contribution in [0.2, 0.25) is 0 Å². The van der Waals surface area contributed by atoms with E-state index in [1.807, 2.05) is 0 Å². The second kappa shape index (κ2) is 5.75. The molecule has 1 rings (SSSR count). The van der Waals surface area contributed by atoms with Gasteiger partial charge in [-0.2, -0.15) is 0 Å². The van der Waals surface area contributed by atoms with Gasteiger partial charge in [0.25, 0.3) is 0 Å². The van der Waals surface area contributed by atoms with Crippen molar-refractivity contribution in [3.8, 4) is 0 Å². The molecule has 0 bridgehead atoms. The molecule has 0 aliphatic carbocycles. The lowest BCUT2D eigenvalue weighted by Crippen LogP contribution is -2.15. The molecule has 1 aromatic carbocycles. The summed E-state index contributed by atoms with van der Waals surface area (Å²) >= 11 is 0. The molecule has 0 heterocycles. The molecule has 0 fully saturated rings. The number of benzene rings is 1. The Morgan fingerprint density at radius 3 is 2.81 bits per heavy atom. The fraction of sp³-hybridized carbons (Fsp3) is 0.462. The van der Waals surface area contributed by atoms with E-state index < -0.39 is 5.82 Å². The Balaban J connectivity index is 2.84. The van der Waals surface area contributed by atoms with E-state index in [1.54, 1.807) is 33.1 Å². The van der Waals surface area contributed by atoms with E-state index in [1.165, 1.54) is 6.07 Å². The van der Waals surface area contributed by atoms with Gasteiger partial charge in [-0.1, -0.05) is 19.1 Å². The molecule has 2 nitrogen and oxygen atoms in total. The Hall–Kier alpha value is -1.22. The van der Waals surface area contributed by atoms with Gasteiger partial charge in [-0.25, -0.2) is 4.39 Å². The van der Waals surface area contributed by atoms with Crippen LogP contribution in [0.15, 0.2) is 18.2 Å². The predicted octanol–water partition coefficient (Wildman–Crippen LogP) is 2.99. The van der Waals surface area contributed by atoms with E-state index in [2.05, 4.69) is 0 Å². The number of rotatable bonds is 5. The van der Waals surface area contributed by atoms with E-state index in [-0.39, 0.29) is 17.3 Å². The van der Waals surface area contributed by atoms with Gasteiger partial charge in [-0.15, -0.1) is 0 Å². The molecule has 0 aliphatic heterocycles. The molecule has 0 saturated carbocycles. The number of carbonyl (C=O) groups is 1. The molecule has 88 valence electrons. The highest BCUT2D eigenvalue weighted by Gasteiger charge is 2.19. The van der Waals surface area contributed by atoms with Crippen LogP contribution < -0.4 is 0 Å². The highest BCUT2D eigenvalue weighted by atomic mass is 19.1. The zero-order valence-corrected chi connectivity index (χ0v) is 9.92. The molecule has 0 spiro atoms. The summed E-state index contributed by atoms with van der Waals surface area (Å²) in [4.78, 5) is 11.9. The summed E-state index contributed by atoms with van der Waals surface area (Å²) < 4.78 is 18.6. The molecule has 0 aromatic heterocycles. The highest BCUT2D eigenvalue weighted by molar-refractivity contribution is 5.98. The summed E-state index contributed by atoms with van der Waals surface area (Å²) in [6, 6.07) is 4.90. The first-order valence-electron chi connectivity index (χ1n) is 5.36. The smallest absolute Gasteiger partial charge is 0.168 e. The minimum absolute atomic E-state index is 0.154. The van der Waals surface area contributed by atoms with Crippen molar-refractivity contribution in [3.05, 3.63) is 35.1 Å². The van der Waals surface area contributed by atoms with E-state index in [0.717, 1.165) is 0 Å². The Bertz CT molecular complexity index is 374. The summed E-state index contributed by atoms with van der Waals surface area (Å²) in [5, 5.41) is 0. The summed E-state index contributed by atoms with van der Waals surface area (Å²) in [6.45, 7) is 3.97. The average molecular weight is 224 g/mol. The second-order valence-corrected chi connectivity index (χ2v) is 3.98. The average Bonchev–Trinajstić information content (AvgIpc) is 2.28. The lowest BCUT2D eigenvalue weighted by atomic mass is 9.95.